The highest BCUT2D eigenvalue weighted by atomic mass is 16.7. The van der Waals surface area contributed by atoms with Crippen molar-refractivity contribution in [3.8, 4) is 17.2 Å². The first-order valence-corrected chi connectivity index (χ1v) is 7.89. The molecule has 0 saturated heterocycles. The van der Waals surface area contributed by atoms with Gasteiger partial charge in [-0.05, 0) is 36.8 Å². The van der Waals surface area contributed by atoms with Gasteiger partial charge in [-0.3, -0.25) is 20.4 Å². The Kier molecular flexibility index (Phi) is 5.36. The van der Waals surface area contributed by atoms with Crippen LogP contribution in [-0.2, 0) is 4.79 Å². The molecule has 0 aliphatic carbocycles. The Balaban J connectivity index is 1.36. The minimum Gasteiger partial charge on any atom is -0.494 e. The molecule has 2 amide bonds. The molecule has 3 rings (SSSR count). The number of rotatable bonds is 6. The normalized spacial score (nSPS) is 11.7. The Labute approximate surface area is 144 Å². The van der Waals surface area contributed by atoms with Crippen molar-refractivity contribution >= 4 is 11.8 Å². The lowest BCUT2D eigenvalue weighted by Gasteiger charge is -2.08. The first-order chi connectivity index (χ1) is 12.2. The molecule has 0 atom stereocenters. The summed E-state index contributed by atoms with van der Waals surface area (Å²) >= 11 is 0. The van der Waals surface area contributed by atoms with Gasteiger partial charge in [0.1, 0.15) is 5.75 Å². The molecule has 0 spiro atoms. The average Bonchev–Trinajstić information content (AvgIpc) is 3.12. The first-order valence-electron chi connectivity index (χ1n) is 7.89. The molecule has 25 heavy (non-hydrogen) atoms. The highest BCUT2D eigenvalue weighted by molar-refractivity contribution is 5.96. The van der Waals surface area contributed by atoms with E-state index in [0.29, 0.717) is 30.1 Å². The van der Waals surface area contributed by atoms with E-state index in [1.807, 2.05) is 30.3 Å². The van der Waals surface area contributed by atoms with Crippen molar-refractivity contribution in [2.45, 2.75) is 12.8 Å². The third-order valence-electron chi connectivity index (χ3n) is 3.51. The van der Waals surface area contributed by atoms with Gasteiger partial charge in [-0.2, -0.15) is 0 Å². The summed E-state index contributed by atoms with van der Waals surface area (Å²) in [4.78, 5) is 23.8. The molecule has 2 N–H and O–H groups in total. The van der Waals surface area contributed by atoms with Crippen LogP contribution >= 0.6 is 0 Å². The van der Waals surface area contributed by atoms with Gasteiger partial charge >= 0.3 is 0 Å². The van der Waals surface area contributed by atoms with Crippen molar-refractivity contribution in [1.82, 2.24) is 10.9 Å². The van der Waals surface area contributed by atoms with Crippen LogP contribution in [0.15, 0.2) is 48.5 Å². The summed E-state index contributed by atoms with van der Waals surface area (Å²) in [5, 5.41) is 0. The molecule has 0 radical (unpaired) electrons. The van der Waals surface area contributed by atoms with Crippen LogP contribution in [0.1, 0.15) is 23.2 Å². The van der Waals surface area contributed by atoms with Crippen molar-refractivity contribution in [3.63, 3.8) is 0 Å². The number of carbonyl (C=O) groups is 2. The number of fused-ring (bicyclic) bond motifs is 1. The fraction of sp³-hybridized carbons (Fsp3) is 0.222. The Morgan fingerprint density at radius 2 is 1.80 bits per heavy atom. The number of para-hydroxylation sites is 1. The maximum atomic E-state index is 12.0. The van der Waals surface area contributed by atoms with Gasteiger partial charge in [-0.1, -0.05) is 18.2 Å². The topological polar surface area (TPSA) is 85.9 Å². The number of ether oxygens (including phenoxy) is 3. The SMILES string of the molecule is O=C(CCCOc1ccccc1)NNC(=O)c1ccc2c(c1)OCO2. The van der Waals surface area contributed by atoms with E-state index in [9.17, 15) is 9.59 Å². The Hall–Kier alpha value is -3.22. The third kappa shape index (κ3) is 4.63. The van der Waals surface area contributed by atoms with Crippen LogP contribution in [0.4, 0.5) is 0 Å². The maximum absolute atomic E-state index is 12.0. The van der Waals surface area contributed by atoms with Crippen LogP contribution in [-0.4, -0.2) is 25.2 Å². The molecule has 0 fully saturated rings. The Morgan fingerprint density at radius 3 is 2.64 bits per heavy atom. The molecule has 130 valence electrons. The lowest BCUT2D eigenvalue weighted by molar-refractivity contribution is -0.122. The quantitative estimate of drug-likeness (QED) is 0.620. The average molecular weight is 342 g/mol. The summed E-state index contributed by atoms with van der Waals surface area (Å²) in [6.45, 7) is 0.565. The number of amides is 2. The van der Waals surface area contributed by atoms with Gasteiger partial charge in [0, 0.05) is 12.0 Å². The number of hydrogen-bond acceptors (Lipinski definition) is 5. The van der Waals surface area contributed by atoms with E-state index >= 15 is 0 Å². The van der Waals surface area contributed by atoms with Gasteiger partial charge in [0.05, 0.1) is 6.61 Å². The van der Waals surface area contributed by atoms with Crippen LogP contribution in [0.3, 0.4) is 0 Å². The van der Waals surface area contributed by atoms with Crippen molar-refractivity contribution in [3.05, 3.63) is 54.1 Å². The molecule has 1 heterocycles. The van der Waals surface area contributed by atoms with Gasteiger partial charge in [0.2, 0.25) is 12.7 Å². The van der Waals surface area contributed by atoms with Gasteiger partial charge in [-0.25, -0.2) is 0 Å². The summed E-state index contributed by atoms with van der Waals surface area (Å²) in [6, 6.07) is 14.2. The summed E-state index contributed by atoms with van der Waals surface area (Å²) in [5.74, 6) is 1.16. The van der Waals surface area contributed by atoms with E-state index in [-0.39, 0.29) is 19.1 Å². The van der Waals surface area contributed by atoms with Crippen molar-refractivity contribution in [2.24, 2.45) is 0 Å². The van der Waals surface area contributed by atoms with Crippen LogP contribution < -0.4 is 25.1 Å². The van der Waals surface area contributed by atoms with E-state index < -0.39 is 5.91 Å². The molecular weight excluding hydrogens is 324 g/mol. The maximum Gasteiger partial charge on any atom is 0.269 e. The Bertz CT molecular complexity index is 748. The monoisotopic (exact) mass is 342 g/mol. The highest BCUT2D eigenvalue weighted by Gasteiger charge is 2.16. The van der Waals surface area contributed by atoms with Crippen molar-refractivity contribution in [2.75, 3.05) is 13.4 Å². The molecule has 0 saturated carbocycles. The van der Waals surface area contributed by atoms with Gasteiger partial charge in [0.25, 0.3) is 5.91 Å². The predicted octanol–water partition coefficient (Wildman–Crippen LogP) is 2.04. The zero-order valence-corrected chi connectivity index (χ0v) is 13.5. The zero-order chi connectivity index (χ0) is 17.5. The number of hydrogen-bond donors (Lipinski definition) is 2. The summed E-state index contributed by atoms with van der Waals surface area (Å²) in [7, 11) is 0. The van der Waals surface area contributed by atoms with Crippen LogP contribution in [0.2, 0.25) is 0 Å². The molecule has 0 aromatic heterocycles. The molecular formula is C18H18N2O5. The number of nitrogens with one attached hydrogen (secondary N) is 2. The standard InChI is InChI=1S/C18H18N2O5/c21-17(7-4-10-23-14-5-2-1-3-6-14)19-20-18(22)13-8-9-15-16(11-13)25-12-24-15/h1-3,5-6,8-9,11H,4,7,10,12H2,(H,19,21)(H,20,22). The molecule has 2 aromatic rings. The molecule has 2 aromatic carbocycles. The lowest BCUT2D eigenvalue weighted by Crippen LogP contribution is -2.41. The number of benzene rings is 2. The fourth-order valence-electron chi connectivity index (χ4n) is 2.24. The molecule has 7 heteroatoms. The van der Waals surface area contributed by atoms with E-state index in [4.69, 9.17) is 14.2 Å². The van der Waals surface area contributed by atoms with Crippen LogP contribution in [0.5, 0.6) is 17.2 Å². The highest BCUT2D eigenvalue weighted by Crippen LogP contribution is 2.32. The second-order valence-electron chi connectivity index (χ2n) is 5.34. The zero-order valence-electron chi connectivity index (χ0n) is 13.5. The van der Waals surface area contributed by atoms with Gasteiger partial charge in [0.15, 0.2) is 11.5 Å². The molecule has 1 aliphatic rings. The predicted molar refractivity (Wildman–Crippen MR) is 89.3 cm³/mol. The lowest BCUT2D eigenvalue weighted by atomic mass is 10.2. The van der Waals surface area contributed by atoms with Crippen molar-refractivity contribution < 1.29 is 23.8 Å². The number of carbonyl (C=O) groups excluding carboxylic acids is 2. The smallest absolute Gasteiger partial charge is 0.269 e. The van der Waals surface area contributed by atoms with E-state index in [2.05, 4.69) is 10.9 Å². The van der Waals surface area contributed by atoms with Crippen LogP contribution in [0, 0.1) is 0 Å². The Morgan fingerprint density at radius 1 is 1.00 bits per heavy atom. The van der Waals surface area contributed by atoms with Gasteiger partial charge < -0.3 is 14.2 Å². The summed E-state index contributed by atoms with van der Waals surface area (Å²) < 4.78 is 15.9. The van der Waals surface area contributed by atoms with Crippen LogP contribution in [0.25, 0.3) is 0 Å². The summed E-state index contributed by atoms with van der Waals surface area (Å²) in [5.41, 5.74) is 5.13. The second-order valence-corrected chi connectivity index (χ2v) is 5.34. The van der Waals surface area contributed by atoms with Gasteiger partial charge in [-0.15, -0.1) is 0 Å². The molecule has 7 nitrogen and oxygen atoms in total. The van der Waals surface area contributed by atoms with E-state index in [0.717, 1.165) is 5.75 Å². The molecule has 0 bridgehead atoms. The molecule has 0 unspecified atom stereocenters. The minimum atomic E-state index is -0.424. The second kappa shape index (κ2) is 8.05. The summed E-state index contributed by atoms with van der Waals surface area (Å²) in [6.07, 6.45) is 0.787. The minimum absolute atomic E-state index is 0.141. The van der Waals surface area contributed by atoms with E-state index in [1.54, 1.807) is 18.2 Å². The largest absolute Gasteiger partial charge is 0.494 e. The van der Waals surface area contributed by atoms with Crippen molar-refractivity contribution in [1.29, 1.82) is 0 Å². The van der Waals surface area contributed by atoms with E-state index in [1.165, 1.54) is 0 Å². The molecule has 1 aliphatic heterocycles. The first kappa shape index (κ1) is 16.6. The fourth-order valence-corrected chi connectivity index (χ4v) is 2.24. The third-order valence-corrected chi connectivity index (χ3v) is 3.51. The number of hydrazine groups is 1.